The van der Waals surface area contributed by atoms with Crippen LogP contribution in [0.1, 0.15) is 30.6 Å². The summed E-state index contributed by atoms with van der Waals surface area (Å²) in [6.07, 6.45) is 0.976. The fraction of sp³-hybridized carbons (Fsp3) is 0.462. The van der Waals surface area contributed by atoms with Gasteiger partial charge in [-0.1, -0.05) is 6.92 Å². The molecule has 0 aliphatic carbocycles. The fourth-order valence-electron chi connectivity index (χ4n) is 1.80. The second kappa shape index (κ2) is 6.13. The lowest BCUT2D eigenvalue weighted by Gasteiger charge is -2.24. The second-order valence-corrected chi connectivity index (χ2v) is 3.77. The first-order chi connectivity index (χ1) is 8.13. The van der Waals surface area contributed by atoms with Gasteiger partial charge in [0.2, 0.25) is 0 Å². The molecule has 0 saturated heterocycles. The van der Waals surface area contributed by atoms with Gasteiger partial charge in [-0.05, 0) is 25.5 Å². The summed E-state index contributed by atoms with van der Waals surface area (Å²) < 4.78 is 5.14. The van der Waals surface area contributed by atoms with Crippen LogP contribution in [0, 0.1) is 0 Å². The Bertz CT molecular complexity index is 390. The van der Waals surface area contributed by atoms with E-state index in [-0.39, 0.29) is 0 Å². The minimum absolute atomic E-state index is 0.320. The minimum Gasteiger partial charge on any atom is -0.497 e. The predicted molar refractivity (Wildman–Crippen MR) is 68.1 cm³/mol. The van der Waals surface area contributed by atoms with Gasteiger partial charge >= 0.3 is 5.97 Å². The number of hydrogen-bond donors (Lipinski definition) is 1. The first-order valence-electron chi connectivity index (χ1n) is 5.80. The lowest BCUT2D eigenvalue weighted by molar-refractivity contribution is 0.0697. The summed E-state index contributed by atoms with van der Waals surface area (Å²) in [4.78, 5) is 13.2. The quantitative estimate of drug-likeness (QED) is 0.826. The Hall–Kier alpha value is -1.71. The van der Waals surface area contributed by atoms with Gasteiger partial charge in [0, 0.05) is 19.2 Å². The number of hydrogen-bond acceptors (Lipinski definition) is 3. The molecule has 0 amide bonds. The average Bonchev–Trinajstić information content (AvgIpc) is 2.35. The molecule has 17 heavy (non-hydrogen) atoms. The molecule has 4 heteroatoms. The second-order valence-electron chi connectivity index (χ2n) is 3.77. The van der Waals surface area contributed by atoms with Crippen LogP contribution in [0.2, 0.25) is 0 Å². The van der Waals surface area contributed by atoms with E-state index in [0.717, 1.165) is 25.2 Å². The van der Waals surface area contributed by atoms with Crippen LogP contribution in [0.3, 0.4) is 0 Å². The summed E-state index contributed by atoms with van der Waals surface area (Å²) in [6.45, 7) is 5.70. The first-order valence-corrected chi connectivity index (χ1v) is 5.80. The Balaban J connectivity index is 3.19. The number of nitrogens with zero attached hydrogens (tertiary/aromatic N) is 1. The third kappa shape index (κ3) is 3.12. The van der Waals surface area contributed by atoms with Crippen molar-refractivity contribution in [1.82, 2.24) is 0 Å². The zero-order valence-corrected chi connectivity index (χ0v) is 10.6. The van der Waals surface area contributed by atoms with Crippen LogP contribution >= 0.6 is 0 Å². The van der Waals surface area contributed by atoms with E-state index < -0.39 is 5.97 Å². The molecule has 0 spiro atoms. The van der Waals surface area contributed by atoms with Crippen LogP contribution in [0.15, 0.2) is 18.2 Å². The third-order valence-corrected chi connectivity index (χ3v) is 2.65. The molecule has 0 aliphatic rings. The molecule has 1 N–H and O–H groups in total. The van der Waals surface area contributed by atoms with E-state index in [1.54, 1.807) is 25.3 Å². The summed E-state index contributed by atoms with van der Waals surface area (Å²) in [6, 6.07) is 5.05. The molecule has 0 radical (unpaired) electrons. The van der Waals surface area contributed by atoms with Gasteiger partial charge in [-0.25, -0.2) is 4.79 Å². The third-order valence-electron chi connectivity index (χ3n) is 2.65. The van der Waals surface area contributed by atoms with Crippen LogP contribution in [-0.4, -0.2) is 31.3 Å². The summed E-state index contributed by atoms with van der Waals surface area (Å²) in [5.41, 5.74) is 1.04. The summed E-state index contributed by atoms with van der Waals surface area (Å²) in [5, 5.41) is 9.17. The molecule has 0 aromatic heterocycles. The maximum atomic E-state index is 11.2. The zero-order valence-electron chi connectivity index (χ0n) is 10.6. The van der Waals surface area contributed by atoms with E-state index in [4.69, 9.17) is 4.74 Å². The Morgan fingerprint density at radius 3 is 2.59 bits per heavy atom. The van der Waals surface area contributed by atoms with E-state index in [1.165, 1.54) is 0 Å². The Morgan fingerprint density at radius 1 is 1.41 bits per heavy atom. The fourth-order valence-corrected chi connectivity index (χ4v) is 1.80. The van der Waals surface area contributed by atoms with E-state index in [9.17, 15) is 9.90 Å². The number of rotatable bonds is 6. The molecular formula is C13H19NO3. The van der Waals surface area contributed by atoms with Crippen LogP contribution in [0.5, 0.6) is 5.75 Å². The zero-order chi connectivity index (χ0) is 12.8. The normalized spacial score (nSPS) is 10.1. The first kappa shape index (κ1) is 13.4. The van der Waals surface area contributed by atoms with Gasteiger partial charge in [0.05, 0.1) is 18.4 Å². The van der Waals surface area contributed by atoms with Crippen LogP contribution < -0.4 is 9.64 Å². The van der Waals surface area contributed by atoms with Crippen LogP contribution in [0.4, 0.5) is 5.69 Å². The van der Waals surface area contributed by atoms with Crippen molar-refractivity contribution >= 4 is 11.7 Å². The molecule has 0 atom stereocenters. The van der Waals surface area contributed by atoms with Crippen molar-refractivity contribution in [1.29, 1.82) is 0 Å². The largest absolute Gasteiger partial charge is 0.497 e. The molecule has 1 aromatic rings. The molecule has 0 bridgehead atoms. The van der Waals surface area contributed by atoms with Crippen LogP contribution in [-0.2, 0) is 0 Å². The number of carbonyl (C=O) groups is 1. The maximum absolute atomic E-state index is 11.2. The lowest BCUT2D eigenvalue weighted by Crippen LogP contribution is -2.25. The highest BCUT2D eigenvalue weighted by molar-refractivity contribution is 5.94. The highest BCUT2D eigenvalue weighted by Gasteiger charge is 2.15. The standard InChI is InChI=1S/C13H19NO3/c1-4-8-14(5-2)12-9-10(17-3)6-7-11(12)13(15)16/h6-7,9H,4-5,8H2,1-3H3,(H,15,16). The molecule has 0 fully saturated rings. The Kier molecular flexibility index (Phi) is 4.82. The molecular weight excluding hydrogens is 218 g/mol. The highest BCUT2D eigenvalue weighted by Crippen LogP contribution is 2.26. The number of anilines is 1. The molecule has 1 rings (SSSR count). The van der Waals surface area contributed by atoms with Crippen molar-refractivity contribution in [2.45, 2.75) is 20.3 Å². The van der Waals surface area contributed by atoms with E-state index in [2.05, 4.69) is 6.92 Å². The molecule has 0 unspecified atom stereocenters. The summed E-state index contributed by atoms with van der Waals surface area (Å²) in [7, 11) is 1.58. The number of benzene rings is 1. The number of carboxylic acids is 1. The molecule has 1 aromatic carbocycles. The summed E-state index contributed by atoms with van der Waals surface area (Å²) in [5.74, 6) is -0.225. The van der Waals surface area contributed by atoms with Gasteiger partial charge in [0.15, 0.2) is 0 Å². The van der Waals surface area contributed by atoms with E-state index in [1.807, 2.05) is 11.8 Å². The smallest absolute Gasteiger partial charge is 0.337 e. The predicted octanol–water partition coefficient (Wildman–Crippen LogP) is 2.63. The van der Waals surface area contributed by atoms with Gasteiger partial charge in [0.1, 0.15) is 5.75 Å². The Morgan fingerprint density at radius 2 is 2.12 bits per heavy atom. The number of aromatic carboxylic acids is 1. The molecule has 4 nitrogen and oxygen atoms in total. The number of ether oxygens (including phenoxy) is 1. The van der Waals surface area contributed by atoms with Crippen LogP contribution in [0.25, 0.3) is 0 Å². The highest BCUT2D eigenvalue weighted by atomic mass is 16.5. The summed E-state index contributed by atoms with van der Waals surface area (Å²) >= 11 is 0. The van der Waals surface area contributed by atoms with Crippen molar-refractivity contribution in [3.63, 3.8) is 0 Å². The van der Waals surface area contributed by atoms with Crippen molar-refractivity contribution < 1.29 is 14.6 Å². The SMILES string of the molecule is CCCN(CC)c1cc(OC)ccc1C(=O)O. The topological polar surface area (TPSA) is 49.8 Å². The molecule has 0 heterocycles. The van der Waals surface area contributed by atoms with Crippen molar-refractivity contribution in [3.8, 4) is 5.75 Å². The van der Waals surface area contributed by atoms with Gasteiger partial charge in [-0.2, -0.15) is 0 Å². The van der Waals surface area contributed by atoms with E-state index >= 15 is 0 Å². The molecule has 94 valence electrons. The minimum atomic E-state index is -0.905. The Labute approximate surface area is 102 Å². The molecule has 0 aliphatic heterocycles. The monoisotopic (exact) mass is 237 g/mol. The average molecular weight is 237 g/mol. The van der Waals surface area contributed by atoms with Crippen molar-refractivity contribution in [2.24, 2.45) is 0 Å². The van der Waals surface area contributed by atoms with Gasteiger partial charge in [-0.3, -0.25) is 0 Å². The molecule has 0 saturated carbocycles. The van der Waals surface area contributed by atoms with Gasteiger partial charge in [-0.15, -0.1) is 0 Å². The maximum Gasteiger partial charge on any atom is 0.337 e. The van der Waals surface area contributed by atoms with Gasteiger partial charge < -0.3 is 14.7 Å². The number of methoxy groups -OCH3 is 1. The van der Waals surface area contributed by atoms with Crippen molar-refractivity contribution in [3.05, 3.63) is 23.8 Å². The van der Waals surface area contributed by atoms with Gasteiger partial charge in [0.25, 0.3) is 0 Å². The lowest BCUT2D eigenvalue weighted by atomic mass is 10.1. The van der Waals surface area contributed by atoms with E-state index in [0.29, 0.717) is 11.3 Å². The van der Waals surface area contributed by atoms with Crippen molar-refractivity contribution in [2.75, 3.05) is 25.1 Å². The number of carboxylic acid groups (broad SMARTS) is 1.